The summed E-state index contributed by atoms with van der Waals surface area (Å²) in [5.74, 6) is -5.48. The summed E-state index contributed by atoms with van der Waals surface area (Å²) in [6.07, 6.45) is 0. The smallest absolute Gasteiger partial charge is 0.338 e. The Morgan fingerprint density at radius 1 is 1.08 bits per heavy atom. The first-order valence-corrected chi connectivity index (χ1v) is 6.61. The predicted molar refractivity (Wildman–Crippen MR) is 78.9 cm³/mol. The molecule has 0 aliphatic carbocycles. The van der Waals surface area contributed by atoms with Gasteiger partial charge in [-0.2, -0.15) is 4.39 Å². The first kappa shape index (κ1) is 17.3. The molecule has 24 heavy (non-hydrogen) atoms. The van der Waals surface area contributed by atoms with Crippen molar-refractivity contribution in [2.24, 2.45) is 0 Å². The Labute approximate surface area is 135 Å². The molecule has 0 aliphatic rings. The Morgan fingerprint density at radius 3 is 2.33 bits per heavy atom. The third kappa shape index (κ3) is 3.45. The minimum absolute atomic E-state index is 0.0138. The molecule has 0 aliphatic heterocycles. The zero-order valence-electron chi connectivity index (χ0n) is 12.4. The summed E-state index contributed by atoms with van der Waals surface area (Å²) in [6.45, 7) is 4.73. The van der Waals surface area contributed by atoms with Crippen LogP contribution in [0.4, 0.5) is 13.2 Å². The lowest BCUT2D eigenvalue weighted by Crippen LogP contribution is -2.10. The molecule has 0 fully saturated rings. The molecule has 0 heterocycles. The Kier molecular flexibility index (Phi) is 5.03. The van der Waals surface area contributed by atoms with Gasteiger partial charge in [-0.3, -0.25) is 4.79 Å². The van der Waals surface area contributed by atoms with Crippen LogP contribution in [-0.2, 0) is 9.59 Å². The molecule has 0 spiro atoms. The molecule has 2 aromatic rings. The SMILES string of the molecule is C=C(C)C(=O)Oc1ccc(-c2ccc(OC=O)c(F)c2)c(F)c1F. The molecule has 0 N–H and O–H groups in total. The minimum Gasteiger partial charge on any atom is -0.426 e. The maximum atomic E-state index is 14.2. The Hall–Kier alpha value is -3.09. The van der Waals surface area contributed by atoms with Gasteiger partial charge in [-0.15, -0.1) is 0 Å². The number of esters is 1. The number of carbonyl (C=O) groups excluding carboxylic acids is 2. The van der Waals surface area contributed by atoms with Gasteiger partial charge in [0.15, 0.2) is 23.1 Å². The summed E-state index contributed by atoms with van der Waals surface area (Å²) in [6, 6.07) is 5.41. The van der Waals surface area contributed by atoms with Gasteiger partial charge in [0, 0.05) is 11.1 Å². The second-order valence-electron chi connectivity index (χ2n) is 4.77. The Balaban J connectivity index is 2.41. The fourth-order valence-electron chi connectivity index (χ4n) is 1.84. The highest BCUT2D eigenvalue weighted by atomic mass is 19.2. The maximum Gasteiger partial charge on any atom is 0.338 e. The molecule has 0 atom stereocenters. The number of ether oxygens (including phenoxy) is 2. The standard InChI is InChI=1S/C17H11F3O4/c1-9(2)17(22)24-14-6-4-11(15(19)16(14)20)10-3-5-13(23-8-21)12(18)7-10/h3-8H,1H2,2H3. The van der Waals surface area contributed by atoms with Gasteiger partial charge in [-0.1, -0.05) is 12.6 Å². The van der Waals surface area contributed by atoms with Crippen molar-refractivity contribution in [2.75, 3.05) is 0 Å². The van der Waals surface area contributed by atoms with Crippen molar-refractivity contribution in [3.05, 3.63) is 59.9 Å². The molecule has 4 nitrogen and oxygen atoms in total. The number of carbonyl (C=O) groups is 2. The fourth-order valence-corrected chi connectivity index (χ4v) is 1.84. The summed E-state index contributed by atoms with van der Waals surface area (Å²) in [5, 5.41) is 0. The molecule has 0 radical (unpaired) electrons. The normalized spacial score (nSPS) is 10.2. The van der Waals surface area contributed by atoms with E-state index in [-0.39, 0.29) is 28.9 Å². The minimum atomic E-state index is -1.39. The third-order valence-corrected chi connectivity index (χ3v) is 3.02. The van der Waals surface area contributed by atoms with Gasteiger partial charge < -0.3 is 9.47 Å². The number of benzene rings is 2. The highest BCUT2D eigenvalue weighted by Gasteiger charge is 2.19. The largest absolute Gasteiger partial charge is 0.426 e. The van der Waals surface area contributed by atoms with Crippen LogP contribution in [0.15, 0.2) is 42.5 Å². The second kappa shape index (κ2) is 6.99. The first-order valence-electron chi connectivity index (χ1n) is 6.61. The van der Waals surface area contributed by atoms with Crippen LogP contribution < -0.4 is 9.47 Å². The highest BCUT2D eigenvalue weighted by molar-refractivity contribution is 5.88. The predicted octanol–water partition coefficient (Wildman–Crippen LogP) is 3.79. The average Bonchev–Trinajstić information content (AvgIpc) is 2.54. The molecule has 0 amide bonds. The molecule has 0 saturated carbocycles. The molecular weight excluding hydrogens is 325 g/mol. The van der Waals surface area contributed by atoms with Crippen molar-refractivity contribution in [3.63, 3.8) is 0 Å². The summed E-state index contributed by atoms with van der Waals surface area (Å²) >= 11 is 0. The molecule has 7 heteroatoms. The van der Waals surface area contributed by atoms with Crippen molar-refractivity contribution in [1.82, 2.24) is 0 Å². The van der Waals surface area contributed by atoms with E-state index in [1.54, 1.807) is 0 Å². The highest BCUT2D eigenvalue weighted by Crippen LogP contribution is 2.32. The number of hydrogen-bond donors (Lipinski definition) is 0. The van der Waals surface area contributed by atoms with Crippen LogP contribution >= 0.6 is 0 Å². The van der Waals surface area contributed by atoms with Gasteiger partial charge in [0.1, 0.15) is 0 Å². The van der Waals surface area contributed by atoms with Gasteiger partial charge in [-0.25, -0.2) is 13.6 Å². The Bertz CT molecular complexity index is 831. The van der Waals surface area contributed by atoms with E-state index >= 15 is 0 Å². The van der Waals surface area contributed by atoms with Crippen molar-refractivity contribution in [2.45, 2.75) is 6.92 Å². The van der Waals surface area contributed by atoms with E-state index in [0.717, 1.165) is 24.3 Å². The lowest BCUT2D eigenvalue weighted by molar-refractivity contribution is -0.130. The first-order chi connectivity index (χ1) is 11.3. The summed E-state index contributed by atoms with van der Waals surface area (Å²) in [5.41, 5.74) is -0.217. The van der Waals surface area contributed by atoms with Gasteiger partial charge in [-0.05, 0) is 36.8 Å². The van der Waals surface area contributed by atoms with Crippen molar-refractivity contribution < 1.29 is 32.2 Å². The number of hydrogen-bond acceptors (Lipinski definition) is 4. The van der Waals surface area contributed by atoms with E-state index in [9.17, 15) is 22.8 Å². The van der Waals surface area contributed by atoms with Crippen molar-refractivity contribution in [3.8, 4) is 22.6 Å². The molecule has 2 rings (SSSR count). The van der Waals surface area contributed by atoms with Crippen LogP contribution in [0.2, 0.25) is 0 Å². The van der Waals surface area contributed by atoms with Crippen LogP contribution in [0.3, 0.4) is 0 Å². The van der Waals surface area contributed by atoms with Crippen molar-refractivity contribution in [1.29, 1.82) is 0 Å². The molecule has 2 aromatic carbocycles. The van der Waals surface area contributed by atoms with E-state index in [1.807, 2.05) is 0 Å². The van der Waals surface area contributed by atoms with Crippen LogP contribution in [-0.4, -0.2) is 12.4 Å². The van der Waals surface area contributed by atoms with Crippen LogP contribution in [0.25, 0.3) is 11.1 Å². The van der Waals surface area contributed by atoms with Crippen LogP contribution in [0, 0.1) is 17.5 Å². The lowest BCUT2D eigenvalue weighted by Gasteiger charge is -2.10. The average molecular weight is 336 g/mol. The van der Waals surface area contributed by atoms with E-state index < -0.39 is 29.2 Å². The summed E-state index contributed by atoms with van der Waals surface area (Å²) in [7, 11) is 0. The second-order valence-corrected chi connectivity index (χ2v) is 4.77. The van der Waals surface area contributed by atoms with Crippen molar-refractivity contribution >= 4 is 12.4 Å². The summed E-state index contributed by atoms with van der Waals surface area (Å²) in [4.78, 5) is 21.6. The maximum absolute atomic E-state index is 14.2. The fraction of sp³-hybridized carbons (Fsp3) is 0.0588. The number of rotatable bonds is 5. The van der Waals surface area contributed by atoms with Crippen LogP contribution in [0.5, 0.6) is 11.5 Å². The molecular formula is C17H11F3O4. The molecule has 124 valence electrons. The number of halogens is 3. The van der Waals surface area contributed by atoms with Gasteiger partial charge >= 0.3 is 5.97 Å². The lowest BCUT2D eigenvalue weighted by atomic mass is 10.0. The third-order valence-electron chi connectivity index (χ3n) is 3.02. The van der Waals surface area contributed by atoms with E-state index in [0.29, 0.717) is 0 Å². The van der Waals surface area contributed by atoms with E-state index in [2.05, 4.69) is 16.1 Å². The van der Waals surface area contributed by atoms with Gasteiger partial charge in [0.25, 0.3) is 6.47 Å². The monoisotopic (exact) mass is 336 g/mol. The summed E-state index contributed by atoms with van der Waals surface area (Å²) < 4.78 is 51.0. The van der Waals surface area contributed by atoms with Gasteiger partial charge in [0.05, 0.1) is 0 Å². The molecule has 0 saturated heterocycles. The quantitative estimate of drug-likeness (QED) is 0.361. The van der Waals surface area contributed by atoms with E-state index in [4.69, 9.17) is 0 Å². The zero-order valence-corrected chi connectivity index (χ0v) is 12.4. The molecule has 0 bridgehead atoms. The van der Waals surface area contributed by atoms with Crippen LogP contribution in [0.1, 0.15) is 6.92 Å². The molecule has 0 aromatic heterocycles. The Morgan fingerprint density at radius 2 is 1.75 bits per heavy atom. The molecule has 0 unspecified atom stereocenters. The van der Waals surface area contributed by atoms with E-state index in [1.165, 1.54) is 13.0 Å². The topological polar surface area (TPSA) is 52.6 Å². The zero-order chi connectivity index (χ0) is 17.9. The van der Waals surface area contributed by atoms with Gasteiger partial charge in [0.2, 0.25) is 5.82 Å².